The zero-order chi connectivity index (χ0) is 19.6. The summed E-state index contributed by atoms with van der Waals surface area (Å²) >= 11 is 0. The zero-order valence-corrected chi connectivity index (χ0v) is 17.0. The summed E-state index contributed by atoms with van der Waals surface area (Å²) < 4.78 is 38.8. The molecule has 0 aromatic heterocycles. The summed E-state index contributed by atoms with van der Waals surface area (Å²) in [7, 11) is -4.03. The van der Waals surface area contributed by atoms with Crippen molar-refractivity contribution >= 4 is 17.1 Å². The van der Waals surface area contributed by atoms with Crippen molar-refractivity contribution in [2.75, 3.05) is 6.54 Å². The van der Waals surface area contributed by atoms with Gasteiger partial charge in [-0.15, -0.1) is 6.58 Å². The lowest BCUT2D eigenvalue weighted by Gasteiger charge is -2.32. The number of nitrogens with zero attached hydrogens (tertiary/aromatic N) is 1. The van der Waals surface area contributed by atoms with E-state index in [1.807, 2.05) is 34.6 Å². The Hall–Kier alpha value is -1.57. The normalized spacial score (nSPS) is 19.0. The highest BCUT2D eigenvalue weighted by molar-refractivity contribution is 7.89. The Morgan fingerprint density at radius 3 is 2.15 bits per heavy atom. The predicted octanol–water partition coefficient (Wildman–Crippen LogP) is 3.78. The van der Waals surface area contributed by atoms with Gasteiger partial charge in [0.25, 0.3) is 10.0 Å². The van der Waals surface area contributed by atoms with Crippen LogP contribution in [0.1, 0.15) is 33.3 Å². The van der Waals surface area contributed by atoms with Crippen LogP contribution in [0.25, 0.3) is 0 Å². The molecule has 1 aromatic rings. The van der Waals surface area contributed by atoms with Crippen LogP contribution in [0.15, 0.2) is 54.1 Å². The number of hydrogen-bond donors (Lipinski definition) is 0. The zero-order valence-electron chi connectivity index (χ0n) is 16.2. The summed E-state index contributed by atoms with van der Waals surface area (Å²) in [5.74, 6) is 0. The van der Waals surface area contributed by atoms with E-state index in [-0.39, 0.29) is 11.4 Å². The van der Waals surface area contributed by atoms with Crippen LogP contribution in [0, 0.1) is 6.92 Å². The Balaban J connectivity index is 2.12. The molecule has 26 heavy (non-hydrogen) atoms. The number of rotatable bonds is 7. The molecule has 0 spiro atoms. The maximum atomic E-state index is 12.8. The van der Waals surface area contributed by atoms with E-state index in [2.05, 4.69) is 6.58 Å². The largest absolute Gasteiger partial charge is 0.461 e. The molecule has 0 N–H and O–H groups in total. The first-order valence-electron chi connectivity index (χ1n) is 8.71. The maximum Gasteiger partial charge on any atom is 0.461 e. The lowest BCUT2D eigenvalue weighted by atomic mass is 9.85. The molecule has 0 bridgehead atoms. The van der Waals surface area contributed by atoms with E-state index in [0.29, 0.717) is 6.32 Å². The van der Waals surface area contributed by atoms with E-state index in [1.54, 1.807) is 42.6 Å². The molecule has 2 rings (SSSR count). The van der Waals surface area contributed by atoms with Crippen molar-refractivity contribution < 1.29 is 17.7 Å². The molecule has 1 fully saturated rings. The maximum absolute atomic E-state index is 12.8. The van der Waals surface area contributed by atoms with Gasteiger partial charge in [0.05, 0.1) is 22.6 Å². The average Bonchev–Trinajstić information content (AvgIpc) is 2.74. The monoisotopic (exact) mass is 377 g/mol. The molecule has 142 valence electrons. The van der Waals surface area contributed by atoms with Gasteiger partial charge >= 0.3 is 7.12 Å². The standard InChI is InChI=1S/C19H28BNO4S/c1-7-14-21(26(22,23)17-11-9-16(2)10-12-17)15-8-13-20-24-18(3,4)19(5,6)25-20/h7-12,15H,1,13-14H2,2-6H3/b15-8+. The van der Waals surface area contributed by atoms with Crippen molar-refractivity contribution in [2.24, 2.45) is 0 Å². The molecule has 0 saturated carbocycles. The smallest absolute Gasteiger partial charge is 0.403 e. The number of sulfonamides is 1. The summed E-state index contributed by atoms with van der Waals surface area (Å²) in [6.45, 7) is 13.7. The molecule has 0 unspecified atom stereocenters. The van der Waals surface area contributed by atoms with Crippen LogP contribution in [-0.4, -0.2) is 37.6 Å². The van der Waals surface area contributed by atoms with E-state index >= 15 is 0 Å². The van der Waals surface area contributed by atoms with Crippen LogP contribution in [0.2, 0.25) is 6.32 Å². The van der Waals surface area contributed by atoms with E-state index in [0.717, 1.165) is 5.56 Å². The first-order valence-corrected chi connectivity index (χ1v) is 10.2. The van der Waals surface area contributed by atoms with Crippen LogP contribution in [0.4, 0.5) is 0 Å². The van der Waals surface area contributed by atoms with Gasteiger partial charge in [-0.25, -0.2) is 8.42 Å². The van der Waals surface area contributed by atoms with Crippen LogP contribution < -0.4 is 0 Å². The van der Waals surface area contributed by atoms with Crippen LogP contribution >= 0.6 is 0 Å². The quantitative estimate of drug-likeness (QED) is 0.536. The summed E-state index contributed by atoms with van der Waals surface area (Å²) in [4.78, 5) is 0.255. The summed E-state index contributed by atoms with van der Waals surface area (Å²) in [5, 5.41) is 0. The van der Waals surface area contributed by atoms with E-state index < -0.39 is 28.3 Å². The van der Waals surface area contributed by atoms with Gasteiger partial charge in [-0.05, 0) is 46.8 Å². The minimum absolute atomic E-state index is 0.191. The van der Waals surface area contributed by atoms with E-state index in [1.165, 1.54) is 4.31 Å². The van der Waals surface area contributed by atoms with Gasteiger partial charge in [-0.1, -0.05) is 29.8 Å². The van der Waals surface area contributed by atoms with Gasteiger partial charge < -0.3 is 9.31 Å². The van der Waals surface area contributed by atoms with Crippen molar-refractivity contribution in [3.63, 3.8) is 0 Å². The third-order valence-corrected chi connectivity index (χ3v) is 6.60. The second-order valence-electron chi connectivity index (χ2n) is 7.48. The Bertz CT molecular complexity index is 753. The van der Waals surface area contributed by atoms with Crippen molar-refractivity contribution in [3.8, 4) is 0 Å². The number of aryl methyl sites for hydroxylation is 1. The SMILES string of the molecule is C=CCN(/C=C/CB1OC(C)(C)C(C)(C)O1)S(=O)(=O)c1ccc(C)cc1. The molecular weight excluding hydrogens is 349 g/mol. The Morgan fingerprint density at radius 1 is 1.12 bits per heavy atom. The summed E-state index contributed by atoms with van der Waals surface area (Å²) in [5.41, 5.74) is 0.205. The van der Waals surface area contributed by atoms with Crippen LogP contribution in [0.3, 0.4) is 0 Å². The van der Waals surface area contributed by atoms with E-state index in [9.17, 15) is 8.42 Å². The third-order valence-electron chi connectivity index (χ3n) is 4.84. The van der Waals surface area contributed by atoms with Crippen LogP contribution in [0.5, 0.6) is 0 Å². The molecule has 7 heteroatoms. The summed E-state index contributed by atoms with van der Waals surface area (Å²) in [6, 6.07) is 6.80. The first kappa shape index (κ1) is 20.7. The Labute approximate surface area is 157 Å². The molecule has 0 radical (unpaired) electrons. The predicted molar refractivity (Wildman–Crippen MR) is 105 cm³/mol. The van der Waals surface area contributed by atoms with Crippen molar-refractivity contribution in [1.29, 1.82) is 0 Å². The molecule has 0 amide bonds. The van der Waals surface area contributed by atoms with Crippen molar-refractivity contribution in [2.45, 2.75) is 57.0 Å². The van der Waals surface area contributed by atoms with Gasteiger partial charge in [0, 0.05) is 12.5 Å². The molecule has 1 heterocycles. The molecular formula is C19H28BNO4S. The number of hydrogen-bond acceptors (Lipinski definition) is 4. The highest BCUT2D eigenvalue weighted by Crippen LogP contribution is 2.37. The van der Waals surface area contributed by atoms with Crippen molar-refractivity contribution in [1.82, 2.24) is 4.31 Å². The van der Waals surface area contributed by atoms with Gasteiger partial charge in [0.1, 0.15) is 0 Å². The molecule has 5 nitrogen and oxygen atoms in total. The fraction of sp³-hybridized carbons (Fsp3) is 0.474. The second kappa shape index (κ2) is 7.58. The molecule has 0 aliphatic carbocycles. The van der Waals surface area contributed by atoms with Gasteiger partial charge in [0.15, 0.2) is 0 Å². The van der Waals surface area contributed by atoms with Crippen molar-refractivity contribution in [3.05, 3.63) is 54.8 Å². The van der Waals surface area contributed by atoms with Crippen LogP contribution in [-0.2, 0) is 19.3 Å². The average molecular weight is 377 g/mol. The second-order valence-corrected chi connectivity index (χ2v) is 9.37. The topological polar surface area (TPSA) is 55.8 Å². The molecule has 1 aliphatic rings. The fourth-order valence-electron chi connectivity index (χ4n) is 2.56. The molecule has 1 aromatic carbocycles. The molecule has 0 atom stereocenters. The minimum Gasteiger partial charge on any atom is -0.403 e. The third kappa shape index (κ3) is 4.39. The Morgan fingerprint density at radius 2 is 1.65 bits per heavy atom. The van der Waals surface area contributed by atoms with Gasteiger partial charge in [0.2, 0.25) is 0 Å². The molecule has 1 saturated heterocycles. The first-order chi connectivity index (χ1) is 12.0. The lowest BCUT2D eigenvalue weighted by molar-refractivity contribution is 0.00578. The highest BCUT2D eigenvalue weighted by atomic mass is 32.2. The van der Waals surface area contributed by atoms with E-state index in [4.69, 9.17) is 9.31 Å². The summed E-state index contributed by atoms with van der Waals surface area (Å²) in [6.07, 6.45) is 5.34. The Kier molecular flexibility index (Phi) is 6.05. The van der Waals surface area contributed by atoms with Gasteiger partial charge in [-0.2, -0.15) is 0 Å². The lowest BCUT2D eigenvalue weighted by Crippen LogP contribution is -2.41. The van der Waals surface area contributed by atoms with Gasteiger partial charge in [-0.3, -0.25) is 4.31 Å². The fourth-order valence-corrected chi connectivity index (χ4v) is 3.86. The number of allylic oxidation sites excluding steroid dienone is 1. The molecule has 1 aliphatic heterocycles. The number of benzene rings is 1. The highest BCUT2D eigenvalue weighted by Gasteiger charge is 2.50. The minimum atomic E-state index is -3.63.